The van der Waals surface area contributed by atoms with Crippen LogP contribution in [0.15, 0.2) is 46.2 Å². The number of methoxy groups -OCH3 is 1. The number of hydrogen-bond donors (Lipinski definition) is 3. The summed E-state index contributed by atoms with van der Waals surface area (Å²) in [6, 6.07) is 5.10. The van der Waals surface area contributed by atoms with Gasteiger partial charge in [0.05, 0.1) is 29.5 Å². The molecule has 0 unspecified atom stereocenters. The van der Waals surface area contributed by atoms with Gasteiger partial charge < -0.3 is 34.2 Å². The number of rotatable bonds is 10. The number of pyridine rings is 1. The maximum atomic E-state index is 14.9. The fourth-order valence-corrected chi connectivity index (χ4v) is 11.4. The second kappa shape index (κ2) is 17.3. The predicted octanol–water partition coefficient (Wildman–Crippen LogP) is 7.02. The third kappa shape index (κ3) is 8.54. The molecule has 342 valence electrons. The predicted molar refractivity (Wildman–Crippen MR) is 239 cm³/mol. The Morgan fingerprint density at radius 3 is 2.53 bits per heavy atom. The van der Waals surface area contributed by atoms with E-state index >= 15 is 0 Å². The van der Waals surface area contributed by atoms with Gasteiger partial charge in [0.25, 0.3) is 5.91 Å². The number of alkyl carbamates (subject to hydrolysis) is 1. The number of thiazole rings is 1. The van der Waals surface area contributed by atoms with Crippen LogP contribution in [0.4, 0.5) is 4.79 Å². The van der Waals surface area contributed by atoms with E-state index in [1.165, 1.54) is 16.2 Å². The first-order valence-electron chi connectivity index (χ1n) is 22.5. The molecule has 3 aromatic heterocycles. The van der Waals surface area contributed by atoms with Gasteiger partial charge >= 0.3 is 6.09 Å². The van der Waals surface area contributed by atoms with Crippen molar-refractivity contribution in [3.8, 4) is 22.2 Å². The number of para-hydroxylation sites is 1. The van der Waals surface area contributed by atoms with E-state index in [1.807, 2.05) is 29.7 Å². The Kier molecular flexibility index (Phi) is 11.9. The standard InChI is InChI=1S/C46H56N6O10S2/c1-26(2)33-25-63-41(48-33)32-22-36(39-37(47-32)30-16-12-18-35(59-4)38(30)62-39)60-29-21-34-40(53)50-46(43(55)51-64(57,58)45(3)19-20-45)23-27(46)13-8-6-5-7-9-17-31(42(54)52(34)24-29)49-44(56)61-28-14-10-11-15-28/h8,12-13,16,18,22,25-29,31,34H,5-7,9-11,14-15,17,19-21,23-24H2,1-4H3,(H,49,56)(H,50,53)(H,51,55)/b13-8-/t27-,29+,31-,34-,46+/m0/s1. The van der Waals surface area contributed by atoms with Crippen molar-refractivity contribution in [2.45, 2.75) is 145 Å². The van der Waals surface area contributed by atoms with Crippen LogP contribution < -0.4 is 24.8 Å². The van der Waals surface area contributed by atoms with Gasteiger partial charge in [0.15, 0.2) is 22.7 Å². The van der Waals surface area contributed by atoms with Crippen LogP contribution in [0.2, 0.25) is 0 Å². The molecular weight excluding hydrogens is 861 g/mol. The highest BCUT2D eigenvalue weighted by Crippen LogP contribution is 2.48. The Hall–Kier alpha value is -5.23. The number of nitrogens with one attached hydrogen (secondary N) is 3. The van der Waals surface area contributed by atoms with Crippen LogP contribution in [-0.4, -0.2) is 95.3 Å². The molecule has 1 aromatic carbocycles. The van der Waals surface area contributed by atoms with Gasteiger partial charge in [-0.05, 0) is 89.2 Å². The maximum absolute atomic E-state index is 14.9. The molecule has 18 heteroatoms. The van der Waals surface area contributed by atoms with Gasteiger partial charge in [0.2, 0.25) is 21.8 Å². The minimum Gasteiger partial charge on any atom is -0.493 e. The Bertz CT molecular complexity index is 2610. The lowest BCUT2D eigenvalue weighted by Gasteiger charge is -2.30. The van der Waals surface area contributed by atoms with E-state index in [0.717, 1.165) is 44.2 Å². The maximum Gasteiger partial charge on any atom is 0.408 e. The fourth-order valence-electron chi connectivity index (χ4n) is 9.19. The van der Waals surface area contributed by atoms with Gasteiger partial charge in [-0.3, -0.25) is 19.1 Å². The van der Waals surface area contributed by atoms with Crippen LogP contribution in [-0.2, 0) is 29.1 Å². The minimum atomic E-state index is -4.02. The molecule has 1 saturated heterocycles. The smallest absolute Gasteiger partial charge is 0.408 e. The number of nitrogens with zero attached hydrogens (tertiary/aromatic N) is 3. The zero-order valence-electron chi connectivity index (χ0n) is 36.6. The second-order valence-corrected chi connectivity index (χ2v) is 21.6. The van der Waals surface area contributed by atoms with Gasteiger partial charge in [-0.15, -0.1) is 11.3 Å². The molecule has 5 atom stereocenters. The molecule has 5 aliphatic rings. The van der Waals surface area contributed by atoms with Crippen LogP contribution >= 0.6 is 11.3 Å². The van der Waals surface area contributed by atoms with Crippen molar-refractivity contribution in [1.82, 2.24) is 30.2 Å². The normalized spacial score (nSPS) is 26.7. The molecule has 4 aromatic rings. The summed E-state index contributed by atoms with van der Waals surface area (Å²) in [5.41, 5.74) is 1.25. The molecule has 3 N–H and O–H groups in total. The largest absolute Gasteiger partial charge is 0.493 e. The summed E-state index contributed by atoms with van der Waals surface area (Å²) in [5, 5.41) is 9.15. The number of amides is 4. The fraction of sp³-hybridized carbons (Fsp3) is 0.565. The Balaban J connectivity index is 1.07. The first-order chi connectivity index (χ1) is 30.7. The van der Waals surface area contributed by atoms with E-state index in [4.69, 9.17) is 28.6 Å². The van der Waals surface area contributed by atoms with Crippen molar-refractivity contribution in [3.05, 3.63) is 47.5 Å². The van der Waals surface area contributed by atoms with Crippen molar-refractivity contribution in [3.63, 3.8) is 0 Å². The number of aromatic nitrogens is 2. The van der Waals surface area contributed by atoms with Gasteiger partial charge in [-0.1, -0.05) is 44.9 Å². The van der Waals surface area contributed by atoms with Crippen LogP contribution in [0.1, 0.15) is 116 Å². The first kappa shape index (κ1) is 44.0. The minimum absolute atomic E-state index is 0.00281. The summed E-state index contributed by atoms with van der Waals surface area (Å²) in [5.74, 6) is -1.38. The molecular formula is C46H56N6O10S2. The molecule has 9 rings (SSSR count). The number of carbonyl (C=O) groups is 4. The summed E-state index contributed by atoms with van der Waals surface area (Å²) in [6.07, 6.45) is 9.78. The zero-order valence-corrected chi connectivity index (χ0v) is 38.3. The topological polar surface area (TPSA) is 208 Å². The number of benzene rings is 1. The molecule has 2 aliphatic heterocycles. The van der Waals surface area contributed by atoms with Crippen molar-refractivity contribution < 1.29 is 46.2 Å². The molecule has 4 fully saturated rings. The number of furan rings is 1. The van der Waals surface area contributed by atoms with E-state index in [-0.39, 0.29) is 31.4 Å². The average Bonchev–Trinajstić information content (AvgIpc) is 3.74. The van der Waals surface area contributed by atoms with E-state index in [1.54, 1.807) is 26.2 Å². The van der Waals surface area contributed by atoms with Crippen LogP contribution in [0.5, 0.6) is 11.5 Å². The lowest BCUT2D eigenvalue weighted by Crippen LogP contribution is -2.58. The van der Waals surface area contributed by atoms with Crippen LogP contribution in [0.25, 0.3) is 32.8 Å². The number of allylic oxidation sites excluding steroid dienone is 1. The molecule has 4 amide bonds. The molecule has 64 heavy (non-hydrogen) atoms. The van der Waals surface area contributed by atoms with E-state index in [0.29, 0.717) is 76.4 Å². The lowest BCUT2D eigenvalue weighted by molar-refractivity contribution is -0.141. The summed E-state index contributed by atoms with van der Waals surface area (Å²) >= 11 is 1.46. The quantitative estimate of drug-likeness (QED) is 0.137. The summed E-state index contributed by atoms with van der Waals surface area (Å²) < 4.78 is 52.5. The van der Waals surface area contributed by atoms with Gasteiger partial charge in [-0.25, -0.2) is 23.2 Å². The number of fused-ring (bicyclic) bond motifs is 5. The Morgan fingerprint density at radius 2 is 1.80 bits per heavy atom. The Morgan fingerprint density at radius 1 is 1.02 bits per heavy atom. The van der Waals surface area contributed by atoms with Crippen molar-refractivity contribution >= 4 is 67.2 Å². The van der Waals surface area contributed by atoms with E-state index < -0.39 is 68.2 Å². The average molecular weight is 917 g/mol. The van der Waals surface area contributed by atoms with Crippen molar-refractivity contribution in [1.29, 1.82) is 0 Å². The first-order valence-corrected chi connectivity index (χ1v) is 24.9. The summed E-state index contributed by atoms with van der Waals surface area (Å²) in [7, 11) is -2.47. The third-order valence-electron chi connectivity index (χ3n) is 13.6. The highest BCUT2D eigenvalue weighted by atomic mass is 32.2. The summed E-state index contributed by atoms with van der Waals surface area (Å²) in [6.45, 7) is 5.67. The van der Waals surface area contributed by atoms with Crippen LogP contribution in [0, 0.1) is 5.92 Å². The van der Waals surface area contributed by atoms with Gasteiger partial charge in [0.1, 0.15) is 46.0 Å². The Labute approximate surface area is 376 Å². The molecule has 0 radical (unpaired) electrons. The lowest BCUT2D eigenvalue weighted by atomic mass is 10.0. The van der Waals surface area contributed by atoms with Gasteiger partial charge in [0, 0.05) is 23.8 Å². The molecule has 3 aliphatic carbocycles. The number of carbonyl (C=O) groups excluding carboxylic acids is 4. The van der Waals surface area contributed by atoms with Gasteiger partial charge in [-0.2, -0.15) is 0 Å². The van der Waals surface area contributed by atoms with E-state index in [2.05, 4.69) is 29.2 Å². The summed E-state index contributed by atoms with van der Waals surface area (Å²) in [4.78, 5) is 68.4. The zero-order chi connectivity index (χ0) is 45.0. The second-order valence-electron chi connectivity index (χ2n) is 18.6. The third-order valence-corrected chi connectivity index (χ3v) is 16.6. The van der Waals surface area contributed by atoms with Crippen molar-refractivity contribution in [2.75, 3.05) is 13.7 Å². The number of hydrogen-bond acceptors (Lipinski definition) is 13. The highest BCUT2D eigenvalue weighted by molar-refractivity contribution is 7.91. The highest BCUT2D eigenvalue weighted by Gasteiger charge is 2.63. The molecule has 16 nitrogen and oxygen atoms in total. The molecule has 0 bridgehead atoms. The SMILES string of the molecule is COc1cccc2c1oc1c(O[C@@H]3C[C@H]4C(=O)N[C@]5(C(=O)NS(=O)(=O)C6(C)CC6)C[C@@H]5/C=C\CCCCC[C@H](NC(=O)OC5CCCC5)C(=O)N4C3)cc(-c3nc(C(C)C)cs3)nc12. The molecule has 0 spiro atoms. The monoisotopic (exact) mass is 916 g/mol. The van der Waals surface area contributed by atoms with Crippen molar-refractivity contribution in [2.24, 2.45) is 5.92 Å². The number of ether oxygens (including phenoxy) is 3. The molecule has 5 heterocycles. The number of sulfonamides is 1. The van der Waals surface area contributed by atoms with E-state index in [9.17, 15) is 27.6 Å². The molecule has 3 saturated carbocycles. The van der Waals surface area contributed by atoms with Crippen LogP contribution in [0.3, 0.4) is 0 Å².